The SMILES string of the molecule is Cc1cccc(N=C(/C=C(\Nc2cccc(C)c2)C(C)C)Nc2cccc(C)c2)c1. The van der Waals surface area contributed by atoms with Crippen LogP contribution >= 0.6 is 0 Å². The highest BCUT2D eigenvalue weighted by Crippen LogP contribution is 2.20. The third kappa shape index (κ3) is 6.35. The molecule has 30 heavy (non-hydrogen) atoms. The Kier molecular flexibility index (Phi) is 7.08. The van der Waals surface area contributed by atoms with Gasteiger partial charge in [-0.25, -0.2) is 4.99 Å². The van der Waals surface area contributed by atoms with Crippen LogP contribution in [0.1, 0.15) is 30.5 Å². The van der Waals surface area contributed by atoms with Crippen LogP contribution in [0.3, 0.4) is 0 Å². The fourth-order valence-corrected chi connectivity index (χ4v) is 3.19. The first-order chi connectivity index (χ1) is 14.4. The van der Waals surface area contributed by atoms with E-state index in [-0.39, 0.29) is 0 Å². The van der Waals surface area contributed by atoms with Crippen molar-refractivity contribution in [2.45, 2.75) is 34.6 Å². The van der Waals surface area contributed by atoms with E-state index in [1.807, 2.05) is 12.1 Å². The molecule has 3 heteroatoms. The molecule has 0 heterocycles. The molecule has 0 bridgehead atoms. The minimum Gasteiger partial charge on any atom is -0.359 e. The lowest BCUT2D eigenvalue weighted by molar-refractivity contribution is 0.775. The molecule has 0 amide bonds. The molecular weight excluding hydrogens is 366 g/mol. The van der Waals surface area contributed by atoms with Gasteiger partial charge >= 0.3 is 0 Å². The predicted octanol–water partition coefficient (Wildman–Crippen LogP) is 7.41. The maximum Gasteiger partial charge on any atom is 0.132 e. The van der Waals surface area contributed by atoms with Crippen LogP contribution in [0.15, 0.2) is 89.6 Å². The van der Waals surface area contributed by atoms with E-state index in [0.717, 1.165) is 28.6 Å². The highest BCUT2D eigenvalue weighted by atomic mass is 15.0. The molecule has 3 aromatic rings. The topological polar surface area (TPSA) is 36.4 Å². The molecule has 3 aromatic carbocycles. The maximum absolute atomic E-state index is 4.91. The summed E-state index contributed by atoms with van der Waals surface area (Å²) in [5, 5.41) is 7.09. The summed E-state index contributed by atoms with van der Waals surface area (Å²) in [4.78, 5) is 4.91. The number of benzene rings is 3. The van der Waals surface area contributed by atoms with Gasteiger partial charge in [-0.15, -0.1) is 0 Å². The number of aliphatic imine (C=N–C) groups is 1. The Bertz CT molecular complexity index is 1060. The lowest BCUT2D eigenvalue weighted by Gasteiger charge is -2.17. The highest BCUT2D eigenvalue weighted by molar-refractivity contribution is 6.05. The summed E-state index contributed by atoms with van der Waals surface area (Å²) in [6, 6.07) is 25.0. The zero-order valence-corrected chi connectivity index (χ0v) is 18.5. The predicted molar refractivity (Wildman–Crippen MR) is 131 cm³/mol. The average Bonchev–Trinajstić information content (AvgIpc) is 2.67. The van der Waals surface area contributed by atoms with Gasteiger partial charge in [-0.3, -0.25) is 0 Å². The molecule has 0 fully saturated rings. The maximum atomic E-state index is 4.91. The normalized spacial score (nSPS) is 12.2. The molecule has 154 valence electrons. The molecule has 0 aliphatic carbocycles. The number of amidine groups is 1. The Morgan fingerprint density at radius 2 is 1.27 bits per heavy atom. The average molecular weight is 398 g/mol. The van der Waals surface area contributed by atoms with E-state index in [1.54, 1.807) is 0 Å². The Labute approximate surface area is 180 Å². The standard InChI is InChI=1S/C27H31N3/c1-19(2)26(28-23-12-6-9-20(3)15-23)18-27(29-24-13-7-10-21(4)16-24)30-25-14-8-11-22(5)17-25/h6-19,28H,1-5H3,(H,29,30)/b26-18-. The lowest BCUT2D eigenvalue weighted by Crippen LogP contribution is -2.14. The second kappa shape index (κ2) is 9.93. The minimum atomic E-state index is 0.313. The summed E-state index contributed by atoms with van der Waals surface area (Å²) in [7, 11) is 0. The third-order valence-electron chi connectivity index (χ3n) is 4.76. The first-order valence-corrected chi connectivity index (χ1v) is 10.4. The summed E-state index contributed by atoms with van der Waals surface area (Å²) in [5.74, 6) is 1.11. The molecule has 0 aliphatic heterocycles. The van der Waals surface area contributed by atoms with E-state index in [9.17, 15) is 0 Å². The van der Waals surface area contributed by atoms with Crippen molar-refractivity contribution in [2.24, 2.45) is 10.9 Å². The van der Waals surface area contributed by atoms with Crippen molar-refractivity contribution >= 4 is 22.9 Å². The molecule has 0 saturated heterocycles. The smallest absolute Gasteiger partial charge is 0.132 e. The molecular formula is C27H31N3. The summed E-state index contributed by atoms with van der Waals surface area (Å²) in [5.41, 5.74) is 7.77. The van der Waals surface area contributed by atoms with Gasteiger partial charge in [0.1, 0.15) is 5.84 Å². The van der Waals surface area contributed by atoms with Crippen molar-refractivity contribution in [3.63, 3.8) is 0 Å². The van der Waals surface area contributed by atoms with Crippen LogP contribution in [-0.2, 0) is 0 Å². The van der Waals surface area contributed by atoms with Crippen molar-refractivity contribution in [1.29, 1.82) is 0 Å². The number of nitrogens with zero attached hydrogens (tertiary/aromatic N) is 1. The Balaban J connectivity index is 1.99. The Hall–Kier alpha value is -3.33. The van der Waals surface area contributed by atoms with Gasteiger partial charge < -0.3 is 10.6 Å². The van der Waals surface area contributed by atoms with Crippen LogP contribution in [0.25, 0.3) is 0 Å². The van der Waals surface area contributed by atoms with Crippen molar-refractivity contribution in [1.82, 2.24) is 0 Å². The van der Waals surface area contributed by atoms with Crippen LogP contribution in [-0.4, -0.2) is 5.84 Å². The zero-order valence-electron chi connectivity index (χ0n) is 18.5. The van der Waals surface area contributed by atoms with Gasteiger partial charge in [0.25, 0.3) is 0 Å². The van der Waals surface area contributed by atoms with Gasteiger partial charge in [-0.1, -0.05) is 50.2 Å². The first kappa shape index (κ1) is 21.4. The molecule has 0 unspecified atom stereocenters. The molecule has 0 aliphatic rings. The quantitative estimate of drug-likeness (QED) is 0.336. The van der Waals surface area contributed by atoms with E-state index < -0.39 is 0 Å². The summed E-state index contributed by atoms with van der Waals surface area (Å²) < 4.78 is 0. The second-order valence-corrected chi connectivity index (χ2v) is 8.08. The molecule has 0 aromatic heterocycles. The highest BCUT2D eigenvalue weighted by Gasteiger charge is 2.08. The Morgan fingerprint density at radius 3 is 1.80 bits per heavy atom. The number of hydrogen-bond donors (Lipinski definition) is 2. The van der Waals surface area contributed by atoms with E-state index in [1.165, 1.54) is 16.7 Å². The van der Waals surface area contributed by atoms with Gasteiger partial charge in [0.05, 0.1) is 5.69 Å². The van der Waals surface area contributed by atoms with Gasteiger partial charge in [0.15, 0.2) is 0 Å². The van der Waals surface area contributed by atoms with Crippen LogP contribution in [0.4, 0.5) is 17.1 Å². The first-order valence-electron chi connectivity index (χ1n) is 10.4. The monoisotopic (exact) mass is 397 g/mol. The summed E-state index contributed by atoms with van der Waals surface area (Å²) >= 11 is 0. The van der Waals surface area contributed by atoms with E-state index >= 15 is 0 Å². The van der Waals surface area contributed by atoms with Crippen molar-refractivity contribution in [3.8, 4) is 0 Å². The number of anilines is 2. The van der Waals surface area contributed by atoms with Crippen LogP contribution in [0, 0.1) is 26.7 Å². The molecule has 0 saturated carbocycles. The fourth-order valence-electron chi connectivity index (χ4n) is 3.19. The lowest BCUT2D eigenvalue weighted by atomic mass is 10.1. The van der Waals surface area contributed by atoms with Gasteiger partial charge in [-0.05, 0) is 79.8 Å². The molecule has 0 atom stereocenters. The summed E-state index contributed by atoms with van der Waals surface area (Å²) in [6.07, 6.45) is 2.11. The summed E-state index contributed by atoms with van der Waals surface area (Å²) in [6.45, 7) is 10.7. The number of aryl methyl sites for hydroxylation is 3. The van der Waals surface area contributed by atoms with Crippen molar-refractivity contribution in [3.05, 3.63) is 101 Å². The van der Waals surface area contributed by atoms with E-state index in [2.05, 4.69) is 112 Å². The molecule has 2 N–H and O–H groups in total. The van der Waals surface area contributed by atoms with Crippen LogP contribution in [0.2, 0.25) is 0 Å². The molecule has 0 spiro atoms. The fraction of sp³-hybridized carbons (Fsp3) is 0.222. The van der Waals surface area contributed by atoms with Gasteiger partial charge in [0, 0.05) is 23.1 Å². The number of rotatable bonds is 6. The van der Waals surface area contributed by atoms with Crippen LogP contribution in [0.5, 0.6) is 0 Å². The number of nitrogens with one attached hydrogen (secondary N) is 2. The van der Waals surface area contributed by atoms with Crippen molar-refractivity contribution in [2.75, 3.05) is 10.6 Å². The van der Waals surface area contributed by atoms with E-state index in [0.29, 0.717) is 5.92 Å². The van der Waals surface area contributed by atoms with Gasteiger partial charge in [-0.2, -0.15) is 0 Å². The van der Waals surface area contributed by atoms with Gasteiger partial charge in [0.2, 0.25) is 0 Å². The zero-order chi connectivity index (χ0) is 21.5. The Morgan fingerprint density at radius 1 is 0.733 bits per heavy atom. The number of allylic oxidation sites excluding steroid dienone is 1. The van der Waals surface area contributed by atoms with Crippen molar-refractivity contribution < 1.29 is 0 Å². The number of hydrogen-bond acceptors (Lipinski definition) is 2. The largest absolute Gasteiger partial charge is 0.359 e. The van der Waals surface area contributed by atoms with E-state index in [4.69, 9.17) is 4.99 Å². The molecule has 3 nitrogen and oxygen atoms in total. The van der Waals surface area contributed by atoms with Crippen LogP contribution < -0.4 is 10.6 Å². The third-order valence-corrected chi connectivity index (χ3v) is 4.76. The molecule has 3 rings (SSSR count). The second-order valence-electron chi connectivity index (χ2n) is 8.08. The molecule has 0 radical (unpaired) electrons. The minimum absolute atomic E-state index is 0.313.